The predicted octanol–water partition coefficient (Wildman–Crippen LogP) is 3.01. The van der Waals surface area contributed by atoms with Gasteiger partial charge in [0, 0.05) is 24.8 Å². The first kappa shape index (κ1) is 13.1. The van der Waals surface area contributed by atoms with E-state index in [1.807, 2.05) is 18.5 Å². The van der Waals surface area contributed by atoms with Crippen molar-refractivity contribution in [2.24, 2.45) is 0 Å². The van der Waals surface area contributed by atoms with Crippen LogP contribution in [-0.2, 0) is 0 Å². The Morgan fingerprint density at radius 3 is 2.65 bits per heavy atom. The highest BCUT2D eigenvalue weighted by atomic mass is 15.3. The molecule has 1 N–H and O–H groups in total. The highest BCUT2D eigenvalue weighted by molar-refractivity contribution is 5.48. The molecule has 0 bridgehead atoms. The normalized spacial score (nSPS) is 21.7. The van der Waals surface area contributed by atoms with Gasteiger partial charge in [0.05, 0.1) is 17.9 Å². The third kappa shape index (κ3) is 2.68. The van der Waals surface area contributed by atoms with Crippen LogP contribution >= 0.6 is 0 Å². The zero-order valence-corrected chi connectivity index (χ0v) is 12.1. The molecular formula is C17H21N3. The van der Waals surface area contributed by atoms with Gasteiger partial charge in [0.1, 0.15) is 0 Å². The van der Waals surface area contributed by atoms with Gasteiger partial charge in [-0.3, -0.25) is 4.98 Å². The van der Waals surface area contributed by atoms with Gasteiger partial charge in [0.15, 0.2) is 0 Å². The number of hydrogen-bond acceptors (Lipinski definition) is 3. The molecule has 3 rings (SSSR count). The van der Waals surface area contributed by atoms with Crippen LogP contribution in [0.1, 0.15) is 25.5 Å². The van der Waals surface area contributed by atoms with E-state index in [1.165, 1.54) is 11.3 Å². The van der Waals surface area contributed by atoms with Gasteiger partial charge >= 0.3 is 0 Å². The van der Waals surface area contributed by atoms with Crippen LogP contribution in [0, 0.1) is 0 Å². The molecule has 1 atom stereocenters. The topological polar surface area (TPSA) is 28.2 Å². The van der Waals surface area contributed by atoms with E-state index >= 15 is 0 Å². The van der Waals surface area contributed by atoms with Crippen LogP contribution in [-0.4, -0.2) is 23.6 Å². The van der Waals surface area contributed by atoms with E-state index in [4.69, 9.17) is 0 Å². The standard InChI is InChI=1S/C17H21N3/c1-17(2)13-20(15-9-6-10-18-11-15)16(12-19-17)14-7-4-3-5-8-14/h3-11,16,19H,12-13H2,1-2H3. The average molecular weight is 267 g/mol. The summed E-state index contributed by atoms with van der Waals surface area (Å²) in [4.78, 5) is 6.73. The second-order valence-corrected chi connectivity index (χ2v) is 6.03. The first-order valence-corrected chi connectivity index (χ1v) is 7.12. The van der Waals surface area contributed by atoms with Crippen LogP contribution in [0.2, 0.25) is 0 Å². The van der Waals surface area contributed by atoms with Crippen molar-refractivity contribution in [3.63, 3.8) is 0 Å². The number of benzene rings is 1. The van der Waals surface area contributed by atoms with Gasteiger partial charge in [0.2, 0.25) is 0 Å². The maximum absolute atomic E-state index is 4.27. The molecule has 104 valence electrons. The third-order valence-electron chi connectivity index (χ3n) is 3.88. The van der Waals surface area contributed by atoms with E-state index in [2.05, 4.69) is 65.4 Å². The van der Waals surface area contributed by atoms with Gasteiger partial charge in [-0.2, -0.15) is 0 Å². The van der Waals surface area contributed by atoms with Crippen molar-refractivity contribution in [2.45, 2.75) is 25.4 Å². The highest BCUT2D eigenvalue weighted by Gasteiger charge is 2.33. The molecule has 1 aromatic carbocycles. The average Bonchev–Trinajstić information content (AvgIpc) is 2.48. The Morgan fingerprint density at radius 1 is 1.15 bits per heavy atom. The summed E-state index contributed by atoms with van der Waals surface area (Å²) in [5, 5.41) is 3.64. The second-order valence-electron chi connectivity index (χ2n) is 6.03. The van der Waals surface area contributed by atoms with E-state index < -0.39 is 0 Å². The molecule has 0 amide bonds. The van der Waals surface area contributed by atoms with Gasteiger partial charge in [-0.05, 0) is 31.5 Å². The van der Waals surface area contributed by atoms with Crippen LogP contribution < -0.4 is 10.2 Å². The van der Waals surface area contributed by atoms with Crippen molar-refractivity contribution in [2.75, 3.05) is 18.0 Å². The molecule has 2 heterocycles. The number of nitrogens with one attached hydrogen (secondary N) is 1. The van der Waals surface area contributed by atoms with Gasteiger partial charge in [0.25, 0.3) is 0 Å². The van der Waals surface area contributed by atoms with Crippen LogP contribution in [0.25, 0.3) is 0 Å². The quantitative estimate of drug-likeness (QED) is 0.906. The van der Waals surface area contributed by atoms with Crippen LogP contribution in [0.15, 0.2) is 54.9 Å². The number of aromatic nitrogens is 1. The summed E-state index contributed by atoms with van der Waals surface area (Å²) in [5.41, 5.74) is 2.65. The largest absolute Gasteiger partial charge is 0.360 e. The fraction of sp³-hybridized carbons (Fsp3) is 0.353. The summed E-state index contributed by atoms with van der Waals surface area (Å²) in [6.07, 6.45) is 3.78. The lowest BCUT2D eigenvalue weighted by molar-refractivity contribution is 0.312. The van der Waals surface area contributed by atoms with E-state index in [0.29, 0.717) is 6.04 Å². The Hall–Kier alpha value is -1.87. The second kappa shape index (κ2) is 5.25. The monoisotopic (exact) mass is 267 g/mol. The molecule has 1 aliphatic rings. The van der Waals surface area contributed by atoms with Crippen LogP contribution in [0.5, 0.6) is 0 Å². The van der Waals surface area contributed by atoms with Crippen molar-refractivity contribution in [3.8, 4) is 0 Å². The number of nitrogens with zero attached hydrogens (tertiary/aromatic N) is 2. The first-order chi connectivity index (χ1) is 9.66. The summed E-state index contributed by atoms with van der Waals surface area (Å²) in [6, 6.07) is 15.2. The SMILES string of the molecule is CC1(C)CN(c2cccnc2)C(c2ccccc2)CN1. The highest BCUT2D eigenvalue weighted by Crippen LogP contribution is 2.31. The smallest absolute Gasteiger partial charge is 0.0668 e. The van der Waals surface area contributed by atoms with Crippen molar-refractivity contribution >= 4 is 5.69 Å². The minimum Gasteiger partial charge on any atom is -0.360 e. The summed E-state index contributed by atoms with van der Waals surface area (Å²) in [6.45, 7) is 6.42. The van der Waals surface area contributed by atoms with E-state index in [-0.39, 0.29) is 5.54 Å². The Morgan fingerprint density at radius 2 is 1.95 bits per heavy atom. The fourth-order valence-corrected chi connectivity index (χ4v) is 2.84. The number of rotatable bonds is 2. The summed E-state index contributed by atoms with van der Waals surface area (Å²) < 4.78 is 0. The van der Waals surface area contributed by atoms with Crippen LogP contribution in [0.4, 0.5) is 5.69 Å². The lowest BCUT2D eigenvalue weighted by Gasteiger charge is -2.46. The molecule has 1 unspecified atom stereocenters. The maximum atomic E-state index is 4.27. The van der Waals surface area contributed by atoms with Crippen molar-refractivity contribution in [1.29, 1.82) is 0 Å². The van der Waals surface area contributed by atoms with Crippen LogP contribution in [0.3, 0.4) is 0 Å². The van der Waals surface area contributed by atoms with E-state index in [1.54, 1.807) is 0 Å². The lowest BCUT2D eigenvalue weighted by atomic mass is 9.94. The molecule has 0 aliphatic carbocycles. The number of anilines is 1. The van der Waals surface area contributed by atoms with E-state index in [9.17, 15) is 0 Å². The minimum absolute atomic E-state index is 0.112. The predicted molar refractivity (Wildman–Crippen MR) is 82.8 cm³/mol. The van der Waals surface area contributed by atoms with Gasteiger partial charge in [-0.25, -0.2) is 0 Å². The lowest BCUT2D eigenvalue weighted by Crippen LogP contribution is -2.58. The summed E-state index contributed by atoms with van der Waals surface area (Å²) in [5.74, 6) is 0. The summed E-state index contributed by atoms with van der Waals surface area (Å²) in [7, 11) is 0. The van der Waals surface area contributed by atoms with Gasteiger partial charge in [-0.1, -0.05) is 30.3 Å². The Bertz CT molecular complexity index is 551. The van der Waals surface area contributed by atoms with Gasteiger partial charge in [-0.15, -0.1) is 0 Å². The minimum atomic E-state index is 0.112. The molecule has 1 saturated heterocycles. The molecule has 0 radical (unpaired) electrons. The Labute approximate surface area is 120 Å². The van der Waals surface area contributed by atoms with Gasteiger partial charge < -0.3 is 10.2 Å². The third-order valence-corrected chi connectivity index (χ3v) is 3.88. The maximum Gasteiger partial charge on any atom is 0.0668 e. The molecule has 0 saturated carbocycles. The van der Waals surface area contributed by atoms with Crippen molar-refractivity contribution < 1.29 is 0 Å². The molecule has 3 nitrogen and oxygen atoms in total. The summed E-state index contributed by atoms with van der Waals surface area (Å²) >= 11 is 0. The number of piperazine rings is 1. The fourth-order valence-electron chi connectivity index (χ4n) is 2.84. The first-order valence-electron chi connectivity index (χ1n) is 7.12. The molecule has 3 heteroatoms. The van der Waals surface area contributed by atoms with Crippen molar-refractivity contribution in [1.82, 2.24) is 10.3 Å². The number of pyridine rings is 1. The molecule has 20 heavy (non-hydrogen) atoms. The number of hydrogen-bond donors (Lipinski definition) is 1. The molecule has 1 fully saturated rings. The van der Waals surface area contributed by atoms with Crippen molar-refractivity contribution in [3.05, 3.63) is 60.4 Å². The molecule has 1 aromatic heterocycles. The molecular weight excluding hydrogens is 246 g/mol. The zero-order chi connectivity index (χ0) is 14.0. The molecule has 0 spiro atoms. The van der Waals surface area contributed by atoms with E-state index in [0.717, 1.165) is 13.1 Å². The molecule has 1 aliphatic heterocycles. The Balaban J connectivity index is 1.96. The zero-order valence-electron chi connectivity index (χ0n) is 12.1. The Kier molecular flexibility index (Phi) is 3.45. The molecule has 2 aromatic rings.